The first-order valence-electron chi connectivity index (χ1n) is 7.99. The Hall–Kier alpha value is -3.61. The summed E-state index contributed by atoms with van der Waals surface area (Å²) in [6, 6.07) is 13.4. The van der Waals surface area contributed by atoms with Gasteiger partial charge in [-0.1, -0.05) is 24.3 Å². The number of carbonyl (C=O) groups is 3. The lowest BCUT2D eigenvalue weighted by Crippen LogP contribution is -2.21. The Morgan fingerprint density at radius 1 is 1.00 bits per heavy atom. The molecule has 7 heteroatoms. The van der Waals surface area contributed by atoms with Crippen LogP contribution in [0.2, 0.25) is 0 Å². The minimum Gasteiger partial charge on any atom is -0.497 e. The number of rotatable bonds is 7. The number of methoxy groups -OCH3 is 2. The fraction of sp³-hybridized carbons (Fsp3) is 0.150. The van der Waals surface area contributed by atoms with Crippen molar-refractivity contribution in [3.63, 3.8) is 0 Å². The molecule has 1 amide bonds. The van der Waals surface area contributed by atoms with Crippen LogP contribution in [0, 0.1) is 0 Å². The lowest BCUT2D eigenvalue weighted by atomic mass is 10.2. The summed E-state index contributed by atoms with van der Waals surface area (Å²) >= 11 is 0. The fourth-order valence-electron chi connectivity index (χ4n) is 2.13. The molecule has 0 fully saturated rings. The van der Waals surface area contributed by atoms with Gasteiger partial charge in [-0.2, -0.15) is 0 Å². The second-order valence-corrected chi connectivity index (χ2v) is 5.30. The molecule has 0 unspecified atom stereocenters. The van der Waals surface area contributed by atoms with Gasteiger partial charge in [-0.15, -0.1) is 0 Å². The summed E-state index contributed by atoms with van der Waals surface area (Å²) in [5.74, 6) is -1.11. The van der Waals surface area contributed by atoms with Crippen LogP contribution in [0.5, 0.6) is 5.75 Å². The summed E-state index contributed by atoms with van der Waals surface area (Å²) in [4.78, 5) is 35.3. The van der Waals surface area contributed by atoms with E-state index in [0.29, 0.717) is 5.75 Å². The van der Waals surface area contributed by atoms with Crippen molar-refractivity contribution in [3.05, 3.63) is 65.7 Å². The molecule has 1 N–H and O–H groups in total. The van der Waals surface area contributed by atoms with Crippen LogP contribution in [0.15, 0.2) is 54.6 Å². The second-order valence-electron chi connectivity index (χ2n) is 5.30. The summed E-state index contributed by atoms with van der Waals surface area (Å²) in [7, 11) is 2.81. The maximum absolute atomic E-state index is 11.9. The fourth-order valence-corrected chi connectivity index (χ4v) is 2.13. The van der Waals surface area contributed by atoms with Crippen molar-refractivity contribution in [3.8, 4) is 5.75 Å². The van der Waals surface area contributed by atoms with Gasteiger partial charge in [0.1, 0.15) is 5.75 Å². The monoisotopic (exact) mass is 369 g/mol. The van der Waals surface area contributed by atoms with Crippen molar-refractivity contribution in [1.29, 1.82) is 0 Å². The number of benzene rings is 2. The van der Waals surface area contributed by atoms with Crippen LogP contribution in [0.3, 0.4) is 0 Å². The van der Waals surface area contributed by atoms with Crippen LogP contribution in [-0.2, 0) is 19.1 Å². The number of esters is 2. The van der Waals surface area contributed by atoms with Gasteiger partial charge in [0.2, 0.25) is 0 Å². The van der Waals surface area contributed by atoms with Crippen molar-refractivity contribution in [2.24, 2.45) is 0 Å². The smallest absolute Gasteiger partial charge is 0.339 e. The summed E-state index contributed by atoms with van der Waals surface area (Å²) in [5.41, 5.74) is 1.27. The minimum absolute atomic E-state index is 0.207. The van der Waals surface area contributed by atoms with E-state index < -0.39 is 24.5 Å². The van der Waals surface area contributed by atoms with E-state index >= 15 is 0 Å². The van der Waals surface area contributed by atoms with Crippen molar-refractivity contribution in [2.45, 2.75) is 0 Å². The molecule has 140 valence electrons. The number of nitrogens with one attached hydrogen (secondary N) is 1. The van der Waals surface area contributed by atoms with Crippen LogP contribution in [0.1, 0.15) is 15.9 Å². The predicted molar refractivity (Wildman–Crippen MR) is 99.4 cm³/mol. The average molecular weight is 369 g/mol. The molecule has 27 heavy (non-hydrogen) atoms. The van der Waals surface area contributed by atoms with Gasteiger partial charge < -0.3 is 19.5 Å². The van der Waals surface area contributed by atoms with Crippen LogP contribution >= 0.6 is 0 Å². The third kappa shape index (κ3) is 6.00. The molecule has 2 aromatic rings. The van der Waals surface area contributed by atoms with Crippen LogP contribution < -0.4 is 10.1 Å². The Bertz CT molecular complexity index is 842. The van der Waals surface area contributed by atoms with Gasteiger partial charge in [-0.3, -0.25) is 4.79 Å². The normalized spacial score (nSPS) is 10.3. The maximum Gasteiger partial charge on any atom is 0.339 e. The number of para-hydroxylation sites is 1. The van der Waals surface area contributed by atoms with Crippen LogP contribution in [0.4, 0.5) is 5.69 Å². The zero-order chi connectivity index (χ0) is 19.6. The van der Waals surface area contributed by atoms with Gasteiger partial charge in [-0.05, 0) is 35.9 Å². The first-order valence-corrected chi connectivity index (χ1v) is 7.99. The van der Waals surface area contributed by atoms with E-state index in [-0.39, 0.29) is 11.3 Å². The van der Waals surface area contributed by atoms with E-state index in [1.807, 2.05) is 0 Å². The first kappa shape index (κ1) is 19.7. The second kappa shape index (κ2) is 9.76. The van der Waals surface area contributed by atoms with E-state index in [0.717, 1.165) is 5.56 Å². The Balaban J connectivity index is 1.87. The Morgan fingerprint density at radius 3 is 2.37 bits per heavy atom. The molecule has 0 radical (unpaired) electrons. The van der Waals surface area contributed by atoms with Crippen molar-refractivity contribution < 1.29 is 28.6 Å². The number of hydrogen-bond donors (Lipinski definition) is 1. The maximum atomic E-state index is 11.9. The number of anilines is 1. The number of hydrogen-bond acceptors (Lipinski definition) is 6. The summed E-state index contributed by atoms with van der Waals surface area (Å²) in [6.07, 6.45) is 2.78. The molecular weight excluding hydrogens is 350 g/mol. The Kier molecular flexibility index (Phi) is 7.13. The molecule has 0 aliphatic rings. The van der Waals surface area contributed by atoms with Gasteiger partial charge in [0.25, 0.3) is 5.91 Å². The lowest BCUT2D eigenvalue weighted by Gasteiger charge is -2.09. The molecule has 0 aliphatic heterocycles. The van der Waals surface area contributed by atoms with Gasteiger partial charge >= 0.3 is 11.9 Å². The van der Waals surface area contributed by atoms with E-state index in [9.17, 15) is 14.4 Å². The largest absolute Gasteiger partial charge is 0.497 e. The standard InChI is InChI=1S/C20H19NO6/c1-25-15-10-7-14(8-11-15)9-12-19(23)27-13-18(22)21-17-6-4-3-5-16(17)20(24)26-2/h3-12H,13H2,1-2H3,(H,21,22)/b12-9+. The molecular formula is C20H19NO6. The number of carbonyl (C=O) groups excluding carboxylic acids is 3. The van der Waals surface area contributed by atoms with E-state index in [1.165, 1.54) is 19.3 Å². The highest BCUT2D eigenvalue weighted by Crippen LogP contribution is 2.16. The highest BCUT2D eigenvalue weighted by atomic mass is 16.5. The quantitative estimate of drug-likeness (QED) is 0.596. The third-order valence-corrected chi connectivity index (χ3v) is 3.48. The average Bonchev–Trinajstić information content (AvgIpc) is 2.71. The van der Waals surface area contributed by atoms with Gasteiger partial charge in [-0.25, -0.2) is 9.59 Å². The molecule has 0 atom stereocenters. The highest BCUT2D eigenvalue weighted by molar-refractivity contribution is 6.02. The molecule has 0 spiro atoms. The van der Waals surface area contributed by atoms with Gasteiger partial charge in [0, 0.05) is 6.08 Å². The summed E-state index contributed by atoms with van der Waals surface area (Å²) in [5, 5.41) is 2.51. The van der Waals surface area contributed by atoms with Crippen molar-refractivity contribution in [2.75, 3.05) is 26.1 Å². The van der Waals surface area contributed by atoms with Crippen LogP contribution in [0.25, 0.3) is 6.08 Å². The summed E-state index contributed by atoms with van der Waals surface area (Å²) < 4.78 is 14.6. The molecule has 0 bridgehead atoms. The van der Waals surface area contributed by atoms with Crippen molar-refractivity contribution >= 4 is 29.6 Å². The number of amides is 1. The molecule has 2 rings (SSSR count). The zero-order valence-corrected chi connectivity index (χ0v) is 14.9. The Labute approximate surface area is 156 Å². The van der Waals surface area contributed by atoms with Gasteiger partial charge in [0.05, 0.1) is 25.5 Å². The topological polar surface area (TPSA) is 90.9 Å². The molecule has 7 nitrogen and oxygen atoms in total. The molecule has 0 heterocycles. The zero-order valence-electron chi connectivity index (χ0n) is 14.9. The van der Waals surface area contributed by atoms with Gasteiger partial charge in [0.15, 0.2) is 6.61 Å². The number of ether oxygens (including phenoxy) is 3. The first-order chi connectivity index (χ1) is 13.0. The predicted octanol–water partition coefficient (Wildman–Crippen LogP) is 2.68. The molecule has 0 aliphatic carbocycles. The van der Waals surface area contributed by atoms with E-state index in [4.69, 9.17) is 9.47 Å². The molecule has 0 saturated carbocycles. The van der Waals surface area contributed by atoms with Crippen molar-refractivity contribution in [1.82, 2.24) is 0 Å². The molecule has 2 aromatic carbocycles. The van der Waals surface area contributed by atoms with Crippen LogP contribution in [-0.4, -0.2) is 38.7 Å². The van der Waals surface area contributed by atoms with E-state index in [2.05, 4.69) is 10.1 Å². The molecule has 0 saturated heterocycles. The SMILES string of the molecule is COC(=O)c1ccccc1NC(=O)COC(=O)/C=C/c1ccc(OC)cc1. The third-order valence-electron chi connectivity index (χ3n) is 3.48. The highest BCUT2D eigenvalue weighted by Gasteiger charge is 2.13. The minimum atomic E-state index is -0.665. The van der Waals surface area contributed by atoms with E-state index in [1.54, 1.807) is 55.7 Å². The lowest BCUT2D eigenvalue weighted by molar-refractivity contribution is -0.142. The molecule has 0 aromatic heterocycles. The Morgan fingerprint density at radius 2 is 1.70 bits per heavy atom. The summed E-state index contributed by atoms with van der Waals surface area (Å²) in [6.45, 7) is -0.485.